The molecule has 18 heavy (non-hydrogen) atoms. The van der Waals surface area contributed by atoms with Gasteiger partial charge < -0.3 is 9.47 Å². The molecule has 0 bridgehead atoms. The third-order valence-corrected chi connectivity index (χ3v) is 2.74. The van der Waals surface area contributed by atoms with Crippen molar-refractivity contribution in [3.05, 3.63) is 35.9 Å². The number of rotatable bonds is 8. The van der Waals surface area contributed by atoms with Crippen molar-refractivity contribution in [1.29, 1.82) is 0 Å². The van der Waals surface area contributed by atoms with E-state index in [0.717, 1.165) is 5.56 Å². The largest absolute Gasteiger partial charge is 0.380 e. The van der Waals surface area contributed by atoms with Gasteiger partial charge in [-0.3, -0.25) is 9.68 Å². The minimum Gasteiger partial charge on any atom is -0.380 e. The first kappa shape index (κ1) is 15.1. The van der Waals surface area contributed by atoms with Crippen LogP contribution in [-0.4, -0.2) is 46.0 Å². The zero-order valence-corrected chi connectivity index (χ0v) is 11.4. The van der Waals surface area contributed by atoms with Gasteiger partial charge in [-0.05, 0) is 10.8 Å². The Morgan fingerprint density at radius 3 is 2.06 bits per heavy atom. The number of benzene rings is 1. The number of nitrogens with zero attached hydrogens (tertiary/aromatic N) is 1. The van der Waals surface area contributed by atoms with E-state index in [1.54, 1.807) is 14.2 Å². The Kier molecular flexibility index (Phi) is 6.24. The van der Waals surface area contributed by atoms with Crippen molar-refractivity contribution in [1.82, 2.24) is 5.23 Å². The molecule has 0 amide bonds. The molecule has 0 aromatic heterocycles. The van der Waals surface area contributed by atoms with Crippen LogP contribution in [0, 0.1) is 0 Å². The summed E-state index contributed by atoms with van der Waals surface area (Å²) in [6.45, 7) is 0.320. The average molecular weight is 255 g/mol. The van der Waals surface area contributed by atoms with Gasteiger partial charge in [0.15, 0.2) is 5.72 Å². The lowest BCUT2D eigenvalue weighted by atomic mass is 10.0. The van der Waals surface area contributed by atoms with Crippen molar-refractivity contribution in [3.63, 3.8) is 0 Å². The lowest BCUT2D eigenvalue weighted by Gasteiger charge is -2.38. The molecule has 1 unspecified atom stereocenters. The van der Waals surface area contributed by atoms with Gasteiger partial charge in [0.05, 0.1) is 20.8 Å². The van der Waals surface area contributed by atoms with E-state index < -0.39 is 5.72 Å². The Labute approximate surface area is 108 Å². The highest BCUT2D eigenvalue weighted by Crippen LogP contribution is 2.23. The Morgan fingerprint density at radius 1 is 1.00 bits per heavy atom. The van der Waals surface area contributed by atoms with Crippen LogP contribution >= 0.6 is 0 Å². The van der Waals surface area contributed by atoms with Crippen LogP contribution in [0.1, 0.15) is 5.56 Å². The summed E-state index contributed by atoms with van der Waals surface area (Å²) in [7, 11) is 6.27. The molecule has 5 heteroatoms. The normalized spacial score (nSPS) is 14.7. The Bertz CT molecular complexity index is 329. The van der Waals surface area contributed by atoms with Gasteiger partial charge in [0.2, 0.25) is 0 Å². The fourth-order valence-corrected chi connectivity index (χ4v) is 1.92. The van der Waals surface area contributed by atoms with E-state index >= 15 is 0 Å². The molecule has 1 atom stereocenters. The predicted octanol–water partition coefficient (Wildman–Crippen LogP) is 1.64. The van der Waals surface area contributed by atoms with Gasteiger partial charge in [-0.2, -0.15) is 0 Å². The second-order valence-corrected chi connectivity index (χ2v) is 3.87. The summed E-state index contributed by atoms with van der Waals surface area (Å²) < 4.78 is 10.8. The third kappa shape index (κ3) is 3.51. The Balaban J connectivity index is 2.95. The SMILES string of the molecule is COCC(Cc1ccccc1)(OC)N(OC)OC. The molecule has 0 aliphatic carbocycles. The van der Waals surface area contributed by atoms with Gasteiger partial charge in [-0.1, -0.05) is 30.3 Å². The summed E-state index contributed by atoms with van der Waals surface area (Å²) in [6, 6.07) is 9.97. The van der Waals surface area contributed by atoms with Crippen molar-refractivity contribution in [2.45, 2.75) is 12.1 Å². The molecule has 0 fully saturated rings. The summed E-state index contributed by atoms with van der Waals surface area (Å²) in [5.41, 5.74) is 0.287. The zero-order valence-electron chi connectivity index (χ0n) is 11.4. The summed E-state index contributed by atoms with van der Waals surface area (Å²) in [6.07, 6.45) is 0.583. The molecule has 1 rings (SSSR count). The van der Waals surface area contributed by atoms with Gasteiger partial charge in [0.25, 0.3) is 0 Å². The molecule has 0 aliphatic heterocycles. The lowest BCUT2D eigenvalue weighted by Crippen LogP contribution is -2.54. The molecule has 0 saturated carbocycles. The van der Waals surface area contributed by atoms with Crippen molar-refractivity contribution in [2.75, 3.05) is 35.0 Å². The van der Waals surface area contributed by atoms with Gasteiger partial charge in [-0.15, -0.1) is 0 Å². The third-order valence-electron chi connectivity index (χ3n) is 2.74. The van der Waals surface area contributed by atoms with E-state index in [0.29, 0.717) is 13.0 Å². The maximum Gasteiger partial charge on any atom is 0.197 e. The van der Waals surface area contributed by atoms with Crippen LogP contribution in [0.3, 0.4) is 0 Å². The van der Waals surface area contributed by atoms with Crippen LogP contribution in [0.4, 0.5) is 0 Å². The summed E-state index contributed by atoms with van der Waals surface area (Å²) in [5, 5.41) is 1.31. The molecule has 102 valence electrons. The van der Waals surface area contributed by atoms with E-state index in [9.17, 15) is 0 Å². The van der Waals surface area contributed by atoms with Crippen LogP contribution < -0.4 is 0 Å². The molecule has 5 nitrogen and oxygen atoms in total. The van der Waals surface area contributed by atoms with Crippen molar-refractivity contribution < 1.29 is 19.1 Å². The number of hydrogen-bond acceptors (Lipinski definition) is 5. The minimum absolute atomic E-state index is 0.320. The Morgan fingerprint density at radius 2 is 1.61 bits per heavy atom. The maximum absolute atomic E-state index is 5.58. The highest BCUT2D eigenvalue weighted by molar-refractivity contribution is 5.16. The molecule has 0 aliphatic rings. The van der Waals surface area contributed by atoms with Crippen LogP contribution in [0.25, 0.3) is 0 Å². The van der Waals surface area contributed by atoms with Crippen molar-refractivity contribution in [3.8, 4) is 0 Å². The topological polar surface area (TPSA) is 40.2 Å². The minimum atomic E-state index is -0.820. The first-order chi connectivity index (χ1) is 8.72. The quantitative estimate of drug-likeness (QED) is 0.522. The van der Waals surface area contributed by atoms with Gasteiger partial charge in [0, 0.05) is 20.6 Å². The first-order valence-corrected chi connectivity index (χ1v) is 5.69. The second kappa shape index (κ2) is 7.45. The first-order valence-electron chi connectivity index (χ1n) is 5.69. The molecular weight excluding hydrogens is 234 g/mol. The van der Waals surface area contributed by atoms with E-state index in [1.165, 1.54) is 19.4 Å². The van der Waals surface area contributed by atoms with Gasteiger partial charge in [0.1, 0.15) is 0 Å². The van der Waals surface area contributed by atoms with E-state index in [2.05, 4.69) is 0 Å². The molecule has 0 radical (unpaired) electrons. The van der Waals surface area contributed by atoms with Crippen LogP contribution in [0.15, 0.2) is 30.3 Å². The highest BCUT2D eigenvalue weighted by atomic mass is 17.0. The van der Waals surface area contributed by atoms with Crippen LogP contribution in [0.5, 0.6) is 0 Å². The summed E-state index contributed by atoms with van der Waals surface area (Å²) in [5.74, 6) is 0. The second-order valence-electron chi connectivity index (χ2n) is 3.87. The smallest absolute Gasteiger partial charge is 0.197 e. The van der Waals surface area contributed by atoms with E-state index in [4.69, 9.17) is 19.1 Å². The Hall–Kier alpha value is -0.980. The average Bonchev–Trinajstić information content (AvgIpc) is 2.41. The van der Waals surface area contributed by atoms with Gasteiger partial charge >= 0.3 is 0 Å². The van der Waals surface area contributed by atoms with Crippen LogP contribution in [-0.2, 0) is 25.6 Å². The molecule has 1 aromatic carbocycles. The molecular formula is C13H21NO4. The van der Waals surface area contributed by atoms with Crippen molar-refractivity contribution in [2.24, 2.45) is 0 Å². The molecule has 0 saturated heterocycles. The summed E-state index contributed by atoms with van der Waals surface area (Å²) >= 11 is 0. The number of methoxy groups -OCH3 is 2. The molecule has 1 aromatic rings. The molecule has 0 N–H and O–H groups in total. The fraction of sp³-hybridized carbons (Fsp3) is 0.538. The molecule has 0 spiro atoms. The number of ether oxygens (including phenoxy) is 2. The maximum atomic E-state index is 5.58. The molecule has 0 heterocycles. The monoisotopic (exact) mass is 255 g/mol. The summed E-state index contributed by atoms with van der Waals surface area (Å²) in [4.78, 5) is 10.4. The van der Waals surface area contributed by atoms with E-state index in [1.807, 2.05) is 30.3 Å². The predicted molar refractivity (Wildman–Crippen MR) is 67.6 cm³/mol. The fourth-order valence-electron chi connectivity index (χ4n) is 1.92. The lowest BCUT2D eigenvalue weighted by molar-refractivity contribution is -0.444. The van der Waals surface area contributed by atoms with Crippen LogP contribution in [0.2, 0.25) is 0 Å². The highest BCUT2D eigenvalue weighted by Gasteiger charge is 2.39. The standard InChI is InChI=1S/C13H21NO4/c1-15-11-13(16-2,14(17-3)18-4)10-12-8-6-5-7-9-12/h5-9H,10-11H2,1-4H3. The number of hydrogen-bond donors (Lipinski definition) is 0. The van der Waals surface area contributed by atoms with E-state index in [-0.39, 0.29) is 0 Å². The number of hydroxylamine groups is 2. The zero-order chi connectivity index (χ0) is 13.4. The van der Waals surface area contributed by atoms with Crippen molar-refractivity contribution >= 4 is 0 Å². The van der Waals surface area contributed by atoms with Gasteiger partial charge in [-0.25, -0.2) is 0 Å².